The summed E-state index contributed by atoms with van der Waals surface area (Å²) in [4.78, 5) is 39.4. The van der Waals surface area contributed by atoms with Crippen molar-refractivity contribution < 1.29 is 23.9 Å². The molecule has 0 saturated carbocycles. The van der Waals surface area contributed by atoms with Crippen molar-refractivity contribution in [3.63, 3.8) is 0 Å². The van der Waals surface area contributed by atoms with Crippen LogP contribution in [0.5, 0.6) is 0 Å². The van der Waals surface area contributed by atoms with Crippen molar-refractivity contribution >= 4 is 28.8 Å². The molecule has 1 unspecified atom stereocenters. The third kappa shape index (κ3) is 3.99. The lowest BCUT2D eigenvalue weighted by atomic mass is 9.98. The Morgan fingerprint density at radius 1 is 1.21 bits per heavy atom. The second-order valence-corrected chi connectivity index (χ2v) is 8.18. The maximum Gasteiger partial charge on any atom is 0.308 e. The Morgan fingerprint density at radius 3 is 2.72 bits per heavy atom. The molecule has 1 aromatic carbocycles. The van der Waals surface area contributed by atoms with E-state index in [2.05, 4.69) is 12.1 Å². The van der Waals surface area contributed by atoms with Crippen molar-refractivity contribution in [2.75, 3.05) is 26.7 Å². The molecule has 1 aromatic heterocycles. The van der Waals surface area contributed by atoms with Gasteiger partial charge >= 0.3 is 5.97 Å². The first-order valence-corrected chi connectivity index (χ1v) is 10.2. The molecule has 0 spiro atoms. The Labute approximate surface area is 169 Å². The number of hydrogen-bond acceptors (Lipinski definition) is 4. The van der Waals surface area contributed by atoms with Crippen LogP contribution < -0.4 is 0 Å². The average molecular weight is 398 g/mol. The fraction of sp³-hybridized carbons (Fsp3) is 0.500. The van der Waals surface area contributed by atoms with Crippen LogP contribution in [0.2, 0.25) is 0 Å². The molecule has 2 aromatic rings. The highest BCUT2D eigenvalue weighted by Gasteiger charge is 2.29. The number of likely N-dealkylation sites (N-methyl/N-ethyl adjacent to an activating group) is 1. The number of aliphatic carboxylic acids is 1. The van der Waals surface area contributed by atoms with Gasteiger partial charge in [-0.1, -0.05) is 0 Å². The minimum Gasteiger partial charge on any atom is -0.481 e. The number of rotatable bonds is 5. The minimum atomic E-state index is -0.870. The van der Waals surface area contributed by atoms with Gasteiger partial charge in [0.2, 0.25) is 11.8 Å². The molecular weight excluding hydrogens is 372 g/mol. The molecule has 29 heavy (non-hydrogen) atoms. The van der Waals surface area contributed by atoms with E-state index in [1.54, 1.807) is 18.2 Å². The lowest BCUT2D eigenvalue weighted by Crippen LogP contribution is -2.47. The monoisotopic (exact) mass is 398 g/mol. The molecular formula is C22H26N2O5. The zero-order chi connectivity index (χ0) is 20.5. The second-order valence-electron chi connectivity index (χ2n) is 8.18. The zero-order valence-corrected chi connectivity index (χ0v) is 16.6. The quantitative estimate of drug-likeness (QED) is 0.834. The number of furan rings is 1. The Hall–Kier alpha value is -2.83. The highest BCUT2D eigenvalue weighted by Crippen LogP contribution is 2.30. The third-order valence-electron chi connectivity index (χ3n) is 6.13. The number of nitrogens with zero attached hydrogens (tertiary/aromatic N) is 2. The molecule has 1 aliphatic heterocycles. The molecule has 4 rings (SSSR count). The van der Waals surface area contributed by atoms with Crippen molar-refractivity contribution in [3.8, 4) is 0 Å². The van der Waals surface area contributed by atoms with Crippen LogP contribution in [0.3, 0.4) is 0 Å². The van der Waals surface area contributed by atoms with E-state index in [-0.39, 0.29) is 31.3 Å². The number of likely N-dealkylation sites (tertiary alicyclic amines) is 1. The molecule has 1 aliphatic carbocycles. The molecule has 2 aliphatic rings. The van der Waals surface area contributed by atoms with Crippen LogP contribution in [0.15, 0.2) is 22.8 Å². The van der Waals surface area contributed by atoms with Gasteiger partial charge in [-0.3, -0.25) is 14.4 Å². The largest absolute Gasteiger partial charge is 0.481 e. The average Bonchev–Trinajstić information content (AvgIpc) is 3.32. The zero-order valence-electron chi connectivity index (χ0n) is 16.6. The summed E-state index contributed by atoms with van der Waals surface area (Å²) in [7, 11) is 1.61. The first-order chi connectivity index (χ1) is 13.9. The topological polar surface area (TPSA) is 91.1 Å². The molecule has 7 heteroatoms. The Bertz CT molecular complexity index is 964. The minimum absolute atomic E-state index is 0.0453. The molecule has 7 nitrogen and oxygen atoms in total. The fourth-order valence-electron chi connectivity index (χ4n) is 4.38. The van der Waals surface area contributed by atoms with E-state index in [0.717, 1.165) is 35.8 Å². The van der Waals surface area contributed by atoms with E-state index >= 15 is 0 Å². The van der Waals surface area contributed by atoms with E-state index in [4.69, 9.17) is 4.42 Å². The van der Waals surface area contributed by atoms with E-state index in [0.29, 0.717) is 19.4 Å². The van der Waals surface area contributed by atoms with Gasteiger partial charge in [0.05, 0.1) is 25.1 Å². The van der Waals surface area contributed by atoms with Gasteiger partial charge in [0, 0.05) is 31.1 Å². The summed E-state index contributed by atoms with van der Waals surface area (Å²) in [6.45, 7) is 0.714. The van der Waals surface area contributed by atoms with Crippen LogP contribution in [0.4, 0.5) is 0 Å². The number of fused-ring (bicyclic) bond motifs is 2. The number of piperidine rings is 1. The van der Waals surface area contributed by atoms with Crippen molar-refractivity contribution in [2.24, 2.45) is 5.92 Å². The van der Waals surface area contributed by atoms with Crippen LogP contribution in [0.1, 0.15) is 36.0 Å². The van der Waals surface area contributed by atoms with E-state index in [1.165, 1.54) is 16.0 Å². The first kappa shape index (κ1) is 19.5. The lowest BCUT2D eigenvalue weighted by Gasteiger charge is -2.32. The Balaban J connectivity index is 1.39. The maximum absolute atomic E-state index is 12.7. The van der Waals surface area contributed by atoms with Gasteiger partial charge in [-0.2, -0.15) is 0 Å². The lowest BCUT2D eigenvalue weighted by molar-refractivity contribution is -0.147. The summed E-state index contributed by atoms with van der Waals surface area (Å²) >= 11 is 0. The van der Waals surface area contributed by atoms with Crippen LogP contribution >= 0.6 is 0 Å². The van der Waals surface area contributed by atoms with Gasteiger partial charge in [-0.25, -0.2) is 0 Å². The molecule has 1 fully saturated rings. The summed E-state index contributed by atoms with van der Waals surface area (Å²) in [6, 6.07) is 4.21. The number of carboxylic acid groups (broad SMARTS) is 1. The summed E-state index contributed by atoms with van der Waals surface area (Å²) < 4.78 is 5.66. The number of benzene rings is 1. The SMILES string of the molecule is CN(CC(=O)N1CCCC(C(=O)O)C1)C(=O)Cc1coc2cc3c(cc12)CCC3. The standard InChI is InChI=1S/C22H26N2O5/c1-23(12-21(26)24-7-3-6-16(11-24)22(27)28)20(25)10-17-13-29-19-9-15-5-2-4-14(15)8-18(17)19/h8-9,13,16H,2-7,10-12H2,1H3,(H,27,28). The number of carbonyl (C=O) groups excluding carboxylic acids is 2. The molecule has 0 radical (unpaired) electrons. The van der Waals surface area contributed by atoms with Crippen molar-refractivity contribution in [2.45, 2.75) is 38.5 Å². The molecule has 1 N–H and O–H groups in total. The smallest absolute Gasteiger partial charge is 0.308 e. The Morgan fingerprint density at radius 2 is 1.97 bits per heavy atom. The van der Waals surface area contributed by atoms with Gasteiger partial charge in [0.1, 0.15) is 5.58 Å². The summed E-state index contributed by atoms with van der Waals surface area (Å²) in [6.07, 6.45) is 6.36. The Kier molecular flexibility index (Phi) is 5.30. The summed E-state index contributed by atoms with van der Waals surface area (Å²) in [5.41, 5.74) is 4.30. The molecule has 2 heterocycles. The summed E-state index contributed by atoms with van der Waals surface area (Å²) in [5.74, 6) is -1.76. The van der Waals surface area contributed by atoms with Crippen LogP contribution in [0, 0.1) is 5.92 Å². The number of aryl methyl sites for hydroxylation is 2. The summed E-state index contributed by atoms with van der Waals surface area (Å²) in [5, 5.41) is 10.2. The number of hydrogen-bond donors (Lipinski definition) is 1. The highest BCUT2D eigenvalue weighted by molar-refractivity contribution is 5.90. The fourth-order valence-corrected chi connectivity index (χ4v) is 4.38. The normalized spacial score (nSPS) is 18.7. The van der Waals surface area contributed by atoms with Crippen molar-refractivity contribution in [3.05, 3.63) is 35.1 Å². The third-order valence-corrected chi connectivity index (χ3v) is 6.13. The van der Waals surface area contributed by atoms with E-state index in [1.807, 2.05) is 0 Å². The van der Waals surface area contributed by atoms with Gasteiger partial charge in [0.15, 0.2) is 0 Å². The molecule has 0 bridgehead atoms. The van der Waals surface area contributed by atoms with Crippen LogP contribution in [-0.2, 0) is 33.6 Å². The second kappa shape index (κ2) is 7.89. The highest BCUT2D eigenvalue weighted by atomic mass is 16.4. The predicted octanol–water partition coefficient (Wildman–Crippen LogP) is 2.25. The molecule has 1 atom stereocenters. The molecule has 154 valence electrons. The number of amides is 2. The maximum atomic E-state index is 12.7. The van der Waals surface area contributed by atoms with E-state index in [9.17, 15) is 19.5 Å². The van der Waals surface area contributed by atoms with Crippen LogP contribution in [-0.4, -0.2) is 59.4 Å². The predicted molar refractivity (Wildman–Crippen MR) is 107 cm³/mol. The number of carboxylic acids is 1. The number of carbonyl (C=O) groups is 3. The molecule has 1 saturated heterocycles. The molecule has 2 amide bonds. The van der Waals surface area contributed by atoms with E-state index < -0.39 is 11.9 Å². The first-order valence-electron chi connectivity index (χ1n) is 10.2. The van der Waals surface area contributed by atoms with Gasteiger partial charge in [0.25, 0.3) is 0 Å². The van der Waals surface area contributed by atoms with Crippen LogP contribution in [0.25, 0.3) is 11.0 Å². The van der Waals surface area contributed by atoms with Crippen molar-refractivity contribution in [1.82, 2.24) is 9.80 Å². The van der Waals surface area contributed by atoms with Crippen molar-refractivity contribution in [1.29, 1.82) is 0 Å². The van der Waals surface area contributed by atoms with Gasteiger partial charge < -0.3 is 19.3 Å². The van der Waals surface area contributed by atoms with Gasteiger partial charge in [-0.15, -0.1) is 0 Å². The van der Waals surface area contributed by atoms with Gasteiger partial charge in [-0.05, 0) is 55.4 Å².